The van der Waals surface area contributed by atoms with E-state index >= 15 is 0 Å². The number of ether oxygens (including phenoxy) is 1. The molecule has 1 heterocycles. The van der Waals surface area contributed by atoms with Gasteiger partial charge in [-0.1, -0.05) is 42.5 Å². The van der Waals surface area contributed by atoms with E-state index in [0.717, 1.165) is 21.9 Å². The van der Waals surface area contributed by atoms with Gasteiger partial charge in [0, 0.05) is 5.56 Å². The zero-order valence-electron chi connectivity index (χ0n) is 11.6. The molecular weight excluding hydrogens is 278 g/mol. The SMILES string of the molecule is O=C1NC(c2ccc(O)cc2)c2c(ccc3ccccc23)O1. The first kappa shape index (κ1) is 12.7. The summed E-state index contributed by atoms with van der Waals surface area (Å²) < 4.78 is 5.32. The third-order valence-electron chi connectivity index (χ3n) is 3.91. The number of hydrogen-bond donors (Lipinski definition) is 2. The van der Waals surface area contributed by atoms with Gasteiger partial charge in [-0.05, 0) is 34.5 Å². The summed E-state index contributed by atoms with van der Waals surface area (Å²) in [6, 6.07) is 18.3. The molecule has 3 aromatic carbocycles. The third kappa shape index (κ3) is 1.97. The minimum absolute atomic E-state index is 0.195. The summed E-state index contributed by atoms with van der Waals surface area (Å²) >= 11 is 0. The monoisotopic (exact) mass is 291 g/mol. The maximum atomic E-state index is 11.8. The molecule has 2 N–H and O–H groups in total. The van der Waals surface area contributed by atoms with Crippen molar-refractivity contribution in [3.8, 4) is 11.5 Å². The van der Waals surface area contributed by atoms with Gasteiger partial charge < -0.3 is 15.2 Å². The molecule has 3 aromatic rings. The van der Waals surface area contributed by atoms with E-state index in [0.29, 0.717) is 5.75 Å². The Bertz CT molecular complexity index is 871. The summed E-state index contributed by atoms with van der Waals surface area (Å²) in [5.41, 5.74) is 1.83. The Kier molecular flexibility index (Phi) is 2.76. The quantitative estimate of drug-likeness (QED) is 0.718. The molecule has 0 spiro atoms. The van der Waals surface area contributed by atoms with Gasteiger partial charge in [0.15, 0.2) is 0 Å². The molecule has 0 saturated heterocycles. The number of phenolic OH excluding ortho intramolecular Hbond substituents is 1. The molecule has 1 aliphatic rings. The molecular formula is C18H13NO3. The van der Waals surface area contributed by atoms with Gasteiger partial charge in [-0.2, -0.15) is 0 Å². The highest BCUT2D eigenvalue weighted by Gasteiger charge is 2.29. The molecule has 0 bridgehead atoms. The van der Waals surface area contributed by atoms with Crippen LogP contribution in [-0.2, 0) is 0 Å². The lowest BCUT2D eigenvalue weighted by Crippen LogP contribution is -2.36. The Labute approximate surface area is 127 Å². The van der Waals surface area contributed by atoms with Gasteiger partial charge in [0.1, 0.15) is 11.5 Å². The predicted octanol–water partition coefficient (Wildman–Crippen LogP) is 3.74. The first-order valence-electron chi connectivity index (χ1n) is 7.01. The number of amides is 1. The number of nitrogens with one attached hydrogen (secondary N) is 1. The Hall–Kier alpha value is -3.01. The third-order valence-corrected chi connectivity index (χ3v) is 3.91. The van der Waals surface area contributed by atoms with E-state index in [-0.39, 0.29) is 11.8 Å². The van der Waals surface area contributed by atoms with Crippen molar-refractivity contribution >= 4 is 16.9 Å². The molecule has 1 amide bonds. The van der Waals surface area contributed by atoms with E-state index in [1.807, 2.05) is 36.4 Å². The second kappa shape index (κ2) is 4.77. The molecule has 22 heavy (non-hydrogen) atoms. The summed E-state index contributed by atoms with van der Waals surface area (Å²) in [6.07, 6.45) is -0.471. The van der Waals surface area contributed by atoms with Crippen molar-refractivity contribution < 1.29 is 14.6 Å². The van der Waals surface area contributed by atoms with Gasteiger partial charge in [0.25, 0.3) is 0 Å². The van der Waals surface area contributed by atoms with Crippen molar-refractivity contribution in [2.24, 2.45) is 0 Å². The molecule has 4 rings (SSSR count). The molecule has 0 radical (unpaired) electrons. The van der Waals surface area contributed by atoms with Crippen LogP contribution in [0.1, 0.15) is 17.2 Å². The van der Waals surface area contributed by atoms with Crippen LogP contribution in [0.3, 0.4) is 0 Å². The van der Waals surface area contributed by atoms with Gasteiger partial charge in [-0.15, -0.1) is 0 Å². The lowest BCUT2D eigenvalue weighted by Gasteiger charge is -2.27. The van der Waals surface area contributed by atoms with Gasteiger partial charge in [-0.25, -0.2) is 4.79 Å². The molecule has 0 fully saturated rings. The van der Waals surface area contributed by atoms with E-state index in [2.05, 4.69) is 5.32 Å². The number of aromatic hydroxyl groups is 1. The van der Waals surface area contributed by atoms with Crippen LogP contribution in [0, 0.1) is 0 Å². The number of benzene rings is 3. The minimum Gasteiger partial charge on any atom is -0.508 e. The Morgan fingerprint density at radius 1 is 0.955 bits per heavy atom. The summed E-state index contributed by atoms with van der Waals surface area (Å²) in [4.78, 5) is 11.8. The smallest absolute Gasteiger partial charge is 0.413 e. The van der Waals surface area contributed by atoms with Crippen LogP contribution < -0.4 is 10.1 Å². The van der Waals surface area contributed by atoms with E-state index in [9.17, 15) is 9.90 Å². The van der Waals surface area contributed by atoms with Crippen molar-refractivity contribution in [2.45, 2.75) is 6.04 Å². The van der Waals surface area contributed by atoms with Crippen LogP contribution in [0.5, 0.6) is 11.5 Å². The molecule has 108 valence electrons. The van der Waals surface area contributed by atoms with Crippen molar-refractivity contribution in [1.82, 2.24) is 5.32 Å². The molecule has 1 aliphatic heterocycles. The zero-order valence-corrected chi connectivity index (χ0v) is 11.6. The first-order chi connectivity index (χ1) is 10.7. The summed E-state index contributed by atoms with van der Waals surface area (Å²) in [5, 5.41) is 14.4. The number of hydrogen-bond acceptors (Lipinski definition) is 3. The number of phenols is 1. The Morgan fingerprint density at radius 3 is 2.55 bits per heavy atom. The van der Waals surface area contributed by atoms with Gasteiger partial charge in [0.05, 0.1) is 6.04 Å². The normalized spacial score (nSPS) is 16.7. The van der Waals surface area contributed by atoms with Crippen molar-refractivity contribution in [3.05, 3.63) is 71.8 Å². The van der Waals surface area contributed by atoms with Crippen LogP contribution in [0.25, 0.3) is 10.8 Å². The second-order valence-corrected chi connectivity index (χ2v) is 5.26. The summed E-state index contributed by atoms with van der Waals surface area (Å²) in [6.45, 7) is 0. The first-order valence-corrected chi connectivity index (χ1v) is 7.01. The molecule has 1 unspecified atom stereocenters. The summed E-state index contributed by atoms with van der Waals surface area (Å²) in [7, 11) is 0. The van der Waals surface area contributed by atoms with Crippen LogP contribution in [0.2, 0.25) is 0 Å². The fourth-order valence-corrected chi connectivity index (χ4v) is 2.90. The maximum Gasteiger partial charge on any atom is 0.413 e. The lowest BCUT2D eigenvalue weighted by atomic mass is 9.92. The molecule has 0 aromatic heterocycles. The van der Waals surface area contributed by atoms with E-state index in [4.69, 9.17) is 4.74 Å². The minimum atomic E-state index is -0.471. The lowest BCUT2D eigenvalue weighted by molar-refractivity contribution is 0.191. The Balaban J connectivity index is 1.97. The standard InChI is InChI=1S/C18H13NO3/c20-13-8-5-12(6-9-13)17-16-14-4-2-1-3-11(14)7-10-15(16)22-18(21)19-17/h1-10,17,20H,(H,19,21). The molecule has 0 aliphatic carbocycles. The number of rotatable bonds is 1. The molecule has 4 heteroatoms. The highest BCUT2D eigenvalue weighted by molar-refractivity contribution is 5.91. The largest absolute Gasteiger partial charge is 0.508 e. The number of carbonyl (C=O) groups excluding carboxylic acids is 1. The van der Waals surface area contributed by atoms with Gasteiger partial charge in [0.2, 0.25) is 0 Å². The zero-order chi connectivity index (χ0) is 15.1. The van der Waals surface area contributed by atoms with Crippen LogP contribution in [0.15, 0.2) is 60.7 Å². The molecule has 4 nitrogen and oxygen atoms in total. The average Bonchev–Trinajstić information content (AvgIpc) is 2.54. The fourth-order valence-electron chi connectivity index (χ4n) is 2.90. The van der Waals surface area contributed by atoms with Crippen LogP contribution >= 0.6 is 0 Å². The average molecular weight is 291 g/mol. The van der Waals surface area contributed by atoms with Crippen LogP contribution in [0.4, 0.5) is 4.79 Å². The number of carbonyl (C=O) groups is 1. The van der Waals surface area contributed by atoms with E-state index in [1.165, 1.54) is 0 Å². The second-order valence-electron chi connectivity index (χ2n) is 5.26. The van der Waals surface area contributed by atoms with Crippen molar-refractivity contribution in [1.29, 1.82) is 0 Å². The predicted molar refractivity (Wildman–Crippen MR) is 83.1 cm³/mol. The highest BCUT2D eigenvalue weighted by Crippen LogP contribution is 2.39. The van der Waals surface area contributed by atoms with Gasteiger partial charge in [-0.3, -0.25) is 0 Å². The summed E-state index contributed by atoms with van der Waals surface area (Å²) in [5.74, 6) is 0.765. The van der Waals surface area contributed by atoms with Gasteiger partial charge >= 0.3 is 6.09 Å². The van der Waals surface area contributed by atoms with Crippen molar-refractivity contribution in [3.63, 3.8) is 0 Å². The Morgan fingerprint density at radius 2 is 1.73 bits per heavy atom. The molecule has 1 atom stereocenters. The van der Waals surface area contributed by atoms with E-state index in [1.54, 1.807) is 24.3 Å². The van der Waals surface area contributed by atoms with Crippen molar-refractivity contribution in [2.75, 3.05) is 0 Å². The fraction of sp³-hybridized carbons (Fsp3) is 0.0556. The number of fused-ring (bicyclic) bond motifs is 3. The van der Waals surface area contributed by atoms with Crippen LogP contribution in [-0.4, -0.2) is 11.2 Å². The molecule has 0 saturated carbocycles. The topological polar surface area (TPSA) is 58.6 Å². The maximum absolute atomic E-state index is 11.8. The highest BCUT2D eigenvalue weighted by atomic mass is 16.6. The van der Waals surface area contributed by atoms with E-state index < -0.39 is 6.09 Å².